The first kappa shape index (κ1) is 16.4. The van der Waals surface area contributed by atoms with Gasteiger partial charge in [0.2, 0.25) is 0 Å². The predicted molar refractivity (Wildman–Crippen MR) is 84.6 cm³/mol. The van der Waals surface area contributed by atoms with E-state index in [0.29, 0.717) is 18.0 Å². The van der Waals surface area contributed by atoms with E-state index in [1.54, 1.807) is 24.3 Å². The zero-order valence-corrected chi connectivity index (χ0v) is 12.6. The Morgan fingerprint density at radius 1 is 1.04 bits per heavy atom. The highest BCUT2D eigenvalue weighted by atomic mass is 16.5. The minimum atomic E-state index is -0.633. The number of phenolic OH excluding ortho intramolecular Hbond substituents is 1. The number of benzene rings is 2. The first-order valence-corrected chi connectivity index (χ1v) is 7.07. The second-order valence-electron chi connectivity index (χ2n) is 4.63. The first-order chi connectivity index (χ1) is 11.1. The Hall–Kier alpha value is -3.02. The van der Waals surface area contributed by atoms with Crippen LogP contribution in [0.2, 0.25) is 0 Å². The summed E-state index contributed by atoms with van der Waals surface area (Å²) in [5.74, 6) is -0.313. The van der Waals surface area contributed by atoms with E-state index in [-0.39, 0.29) is 11.3 Å². The van der Waals surface area contributed by atoms with Gasteiger partial charge in [0, 0.05) is 5.69 Å². The van der Waals surface area contributed by atoms with E-state index in [0.717, 1.165) is 0 Å². The Labute approximate surface area is 133 Å². The van der Waals surface area contributed by atoms with Crippen LogP contribution in [0.1, 0.15) is 17.3 Å². The van der Waals surface area contributed by atoms with Crippen molar-refractivity contribution in [3.63, 3.8) is 0 Å². The second-order valence-corrected chi connectivity index (χ2v) is 4.63. The summed E-state index contributed by atoms with van der Waals surface area (Å²) in [6, 6.07) is 12.5. The number of nitrogens with one attached hydrogen (secondary N) is 1. The third-order valence-corrected chi connectivity index (χ3v) is 2.89. The quantitative estimate of drug-likeness (QED) is 0.800. The van der Waals surface area contributed by atoms with Gasteiger partial charge >= 0.3 is 5.97 Å². The summed E-state index contributed by atoms with van der Waals surface area (Å²) in [7, 11) is 0. The highest BCUT2D eigenvalue weighted by molar-refractivity contribution is 5.95. The Morgan fingerprint density at radius 3 is 2.30 bits per heavy atom. The molecule has 2 rings (SSSR count). The zero-order valence-electron chi connectivity index (χ0n) is 12.6. The molecule has 0 heterocycles. The largest absolute Gasteiger partial charge is 0.508 e. The molecule has 120 valence electrons. The maximum absolute atomic E-state index is 11.8. The molecule has 0 atom stereocenters. The van der Waals surface area contributed by atoms with Crippen molar-refractivity contribution < 1.29 is 24.2 Å². The van der Waals surface area contributed by atoms with E-state index >= 15 is 0 Å². The van der Waals surface area contributed by atoms with Crippen LogP contribution in [0, 0.1) is 0 Å². The molecule has 0 fully saturated rings. The molecule has 0 saturated carbocycles. The zero-order chi connectivity index (χ0) is 16.7. The molecule has 6 heteroatoms. The normalized spacial score (nSPS) is 9.96. The summed E-state index contributed by atoms with van der Waals surface area (Å²) in [6.07, 6.45) is 0. The number of hydrogen-bond acceptors (Lipinski definition) is 5. The molecular formula is C17H17NO5. The number of anilines is 1. The molecule has 0 unspecified atom stereocenters. The lowest BCUT2D eigenvalue weighted by molar-refractivity contribution is -0.119. The summed E-state index contributed by atoms with van der Waals surface area (Å²) in [6.45, 7) is 2.06. The number of carbonyl (C=O) groups is 2. The first-order valence-electron chi connectivity index (χ1n) is 7.07. The molecule has 0 aromatic heterocycles. The van der Waals surface area contributed by atoms with E-state index in [4.69, 9.17) is 14.6 Å². The molecule has 0 aliphatic carbocycles. The van der Waals surface area contributed by atoms with E-state index in [1.165, 1.54) is 24.3 Å². The summed E-state index contributed by atoms with van der Waals surface area (Å²) in [5.41, 5.74) is 0.843. The van der Waals surface area contributed by atoms with Crippen LogP contribution in [-0.2, 0) is 9.53 Å². The van der Waals surface area contributed by atoms with Crippen LogP contribution in [0.25, 0.3) is 0 Å². The minimum absolute atomic E-state index is 0.0507. The third-order valence-electron chi connectivity index (χ3n) is 2.89. The Morgan fingerprint density at radius 2 is 1.70 bits per heavy atom. The highest BCUT2D eigenvalue weighted by Gasteiger charge is 2.10. The number of aromatic hydroxyl groups is 1. The van der Waals surface area contributed by atoms with Crippen LogP contribution in [0.4, 0.5) is 5.69 Å². The molecule has 0 aliphatic rings. The lowest BCUT2D eigenvalue weighted by Crippen LogP contribution is -2.20. The molecule has 1 amide bonds. The summed E-state index contributed by atoms with van der Waals surface area (Å²) < 4.78 is 10.2. The maximum atomic E-state index is 11.8. The lowest BCUT2D eigenvalue weighted by atomic mass is 10.2. The van der Waals surface area contributed by atoms with Crippen molar-refractivity contribution in [1.29, 1.82) is 0 Å². The van der Waals surface area contributed by atoms with Crippen LogP contribution < -0.4 is 10.1 Å². The molecule has 0 radical (unpaired) electrons. The molecule has 2 aromatic carbocycles. The van der Waals surface area contributed by atoms with E-state index < -0.39 is 18.5 Å². The topological polar surface area (TPSA) is 84.9 Å². The van der Waals surface area contributed by atoms with Gasteiger partial charge in [-0.1, -0.05) is 0 Å². The number of hydrogen-bond donors (Lipinski definition) is 2. The van der Waals surface area contributed by atoms with Crippen molar-refractivity contribution in [2.45, 2.75) is 6.92 Å². The van der Waals surface area contributed by atoms with Crippen LogP contribution in [0.3, 0.4) is 0 Å². The molecule has 2 N–H and O–H groups in total. The van der Waals surface area contributed by atoms with Gasteiger partial charge in [0.25, 0.3) is 5.91 Å². The third kappa shape index (κ3) is 5.03. The van der Waals surface area contributed by atoms with Gasteiger partial charge in [0.05, 0.1) is 12.2 Å². The fourth-order valence-corrected chi connectivity index (χ4v) is 1.81. The van der Waals surface area contributed by atoms with Gasteiger partial charge in [-0.15, -0.1) is 0 Å². The van der Waals surface area contributed by atoms with E-state index in [2.05, 4.69) is 5.32 Å². The van der Waals surface area contributed by atoms with Crippen molar-refractivity contribution in [3.8, 4) is 11.5 Å². The van der Waals surface area contributed by atoms with Gasteiger partial charge in [-0.3, -0.25) is 4.79 Å². The molecule has 6 nitrogen and oxygen atoms in total. The van der Waals surface area contributed by atoms with Crippen molar-refractivity contribution in [2.24, 2.45) is 0 Å². The smallest absolute Gasteiger partial charge is 0.338 e. The Kier molecular flexibility index (Phi) is 5.57. The average molecular weight is 315 g/mol. The molecule has 0 spiro atoms. The predicted octanol–water partition coefficient (Wildman–Crippen LogP) is 2.59. The fraction of sp³-hybridized carbons (Fsp3) is 0.176. The standard InChI is InChI=1S/C17H17NO5/c1-2-22-15-9-5-13(6-10-15)18-16(20)11-23-17(21)12-3-7-14(19)8-4-12/h3-10,19H,2,11H2,1H3,(H,18,20). The van der Waals surface area contributed by atoms with Crippen LogP contribution in [-0.4, -0.2) is 30.2 Å². The van der Waals surface area contributed by atoms with Gasteiger partial charge < -0.3 is 19.9 Å². The van der Waals surface area contributed by atoms with Crippen molar-refractivity contribution in [3.05, 3.63) is 54.1 Å². The number of ether oxygens (including phenoxy) is 2. The number of esters is 1. The number of rotatable bonds is 6. The number of phenols is 1. The molecule has 0 bridgehead atoms. The van der Waals surface area contributed by atoms with Crippen LogP contribution in [0.5, 0.6) is 11.5 Å². The molecule has 0 saturated heterocycles. The molecule has 23 heavy (non-hydrogen) atoms. The Bertz CT molecular complexity index is 664. The summed E-state index contributed by atoms with van der Waals surface area (Å²) >= 11 is 0. The SMILES string of the molecule is CCOc1ccc(NC(=O)COC(=O)c2ccc(O)cc2)cc1. The molecule has 2 aromatic rings. The maximum Gasteiger partial charge on any atom is 0.338 e. The van der Waals surface area contributed by atoms with Crippen LogP contribution in [0.15, 0.2) is 48.5 Å². The Balaban J connectivity index is 1.82. The van der Waals surface area contributed by atoms with Crippen molar-refractivity contribution in [2.75, 3.05) is 18.5 Å². The summed E-state index contributed by atoms with van der Waals surface area (Å²) in [4.78, 5) is 23.5. The molecular weight excluding hydrogens is 298 g/mol. The fourth-order valence-electron chi connectivity index (χ4n) is 1.81. The van der Waals surface area contributed by atoms with E-state index in [9.17, 15) is 9.59 Å². The van der Waals surface area contributed by atoms with Crippen molar-refractivity contribution >= 4 is 17.6 Å². The van der Waals surface area contributed by atoms with Gasteiger partial charge in [-0.25, -0.2) is 4.79 Å². The van der Waals surface area contributed by atoms with Gasteiger partial charge in [0.15, 0.2) is 6.61 Å². The monoisotopic (exact) mass is 315 g/mol. The number of carbonyl (C=O) groups excluding carboxylic acids is 2. The summed E-state index contributed by atoms with van der Waals surface area (Å²) in [5, 5.41) is 11.8. The lowest BCUT2D eigenvalue weighted by Gasteiger charge is -2.08. The van der Waals surface area contributed by atoms with Gasteiger partial charge in [-0.05, 0) is 55.5 Å². The average Bonchev–Trinajstić information content (AvgIpc) is 2.55. The van der Waals surface area contributed by atoms with E-state index in [1.807, 2.05) is 6.92 Å². The molecule has 0 aliphatic heterocycles. The minimum Gasteiger partial charge on any atom is -0.508 e. The highest BCUT2D eigenvalue weighted by Crippen LogP contribution is 2.15. The van der Waals surface area contributed by atoms with Crippen LogP contribution >= 0.6 is 0 Å². The van der Waals surface area contributed by atoms with Crippen molar-refractivity contribution in [1.82, 2.24) is 0 Å². The second kappa shape index (κ2) is 7.84. The van der Waals surface area contributed by atoms with Gasteiger partial charge in [-0.2, -0.15) is 0 Å². The number of amides is 1. The van der Waals surface area contributed by atoms with Gasteiger partial charge in [0.1, 0.15) is 11.5 Å².